The average Bonchev–Trinajstić information content (AvgIpc) is 3.36. The minimum absolute atomic E-state index is 0.154. The quantitative estimate of drug-likeness (QED) is 0.419. The van der Waals surface area contributed by atoms with Crippen molar-refractivity contribution >= 4 is 23.4 Å². The highest BCUT2D eigenvalue weighted by Gasteiger charge is 2.09. The summed E-state index contributed by atoms with van der Waals surface area (Å²) in [6.45, 7) is 0.359. The van der Waals surface area contributed by atoms with E-state index in [4.69, 9.17) is 13.9 Å². The Labute approximate surface area is 184 Å². The van der Waals surface area contributed by atoms with Gasteiger partial charge in [-0.15, -0.1) is 0 Å². The Balaban J connectivity index is 1.38. The molecular formula is C23H23N3O6. The van der Waals surface area contributed by atoms with E-state index < -0.39 is 0 Å². The lowest BCUT2D eigenvalue weighted by Gasteiger charge is -2.09. The van der Waals surface area contributed by atoms with Crippen LogP contribution in [0.5, 0.6) is 11.5 Å². The van der Waals surface area contributed by atoms with Crippen LogP contribution in [-0.2, 0) is 4.79 Å². The molecule has 0 radical (unpaired) electrons. The zero-order chi connectivity index (χ0) is 22.8. The van der Waals surface area contributed by atoms with E-state index >= 15 is 0 Å². The Morgan fingerprint density at radius 3 is 2.12 bits per heavy atom. The Morgan fingerprint density at radius 2 is 1.50 bits per heavy atom. The monoisotopic (exact) mass is 437 g/mol. The van der Waals surface area contributed by atoms with Crippen molar-refractivity contribution < 1.29 is 28.3 Å². The predicted molar refractivity (Wildman–Crippen MR) is 117 cm³/mol. The van der Waals surface area contributed by atoms with Gasteiger partial charge in [0.05, 0.1) is 13.4 Å². The number of anilines is 1. The fourth-order valence-corrected chi connectivity index (χ4v) is 2.67. The van der Waals surface area contributed by atoms with Gasteiger partial charge in [0.1, 0.15) is 11.5 Å². The molecule has 3 aromatic rings. The highest BCUT2D eigenvalue weighted by Crippen LogP contribution is 2.17. The molecule has 0 bridgehead atoms. The van der Waals surface area contributed by atoms with E-state index in [9.17, 15) is 14.4 Å². The fraction of sp³-hybridized carbons (Fsp3) is 0.174. The molecule has 0 spiro atoms. The summed E-state index contributed by atoms with van der Waals surface area (Å²) >= 11 is 0. The zero-order valence-electron chi connectivity index (χ0n) is 17.4. The van der Waals surface area contributed by atoms with Crippen molar-refractivity contribution in [1.82, 2.24) is 10.6 Å². The smallest absolute Gasteiger partial charge is 0.287 e. The molecule has 0 aliphatic heterocycles. The molecule has 2 aromatic carbocycles. The first-order valence-electron chi connectivity index (χ1n) is 9.82. The van der Waals surface area contributed by atoms with Gasteiger partial charge in [0, 0.05) is 24.3 Å². The summed E-state index contributed by atoms with van der Waals surface area (Å²) in [5.74, 6) is 0.491. The van der Waals surface area contributed by atoms with Crippen molar-refractivity contribution in [3.05, 3.63) is 78.3 Å². The number of benzene rings is 2. The van der Waals surface area contributed by atoms with E-state index in [1.165, 1.54) is 6.26 Å². The summed E-state index contributed by atoms with van der Waals surface area (Å²) in [6, 6.07) is 16.5. The molecule has 9 heteroatoms. The highest BCUT2D eigenvalue weighted by atomic mass is 16.5. The molecule has 0 atom stereocenters. The van der Waals surface area contributed by atoms with Crippen LogP contribution in [0.1, 0.15) is 20.9 Å². The molecular weight excluding hydrogens is 414 g/mol. The van der Waals surface area contributed by atoms with Crippen molar-refractivity contribution in [3.8, 4) is 11.5 Å². The van der Waals surface area contributed by atoms with Crippen molar-refractivity contribution in [2.45, 2.75) is 0 Å². The summed E-state index contributed by atoms with van der Waals surface area (Å²) in [4.78, 5) is 36.0. The number of furan rings is 1. The maximum absolute atomic E-state index is 12.2. The molecule has 0 fully saturated rings. The maximum Gasteiger partial charge on any atom is 0.287 e. The van der Waals surface area contributed by atoms with Crippen LogP contribution >= 0.6 is 0 Å². The van der Waals surface area contributed by atoms with Gasteiger partial charge in [-0.2, -0.15) is 0 Å². The zero-order valence-corrected chi connectivity index (χ0v) is 17.4. The summed E-state index contributed by atoms with van der Waals surface area (Å²) in [6.07, 6.45) is 1.41. The first-order valence-corrected chi connectivity index (χ1v) is 9.82. The van der Waals surface area contributed by atoms with Gasteiger partial charge in [0.15, 0.2) is 12.4 Å². The Bertz CT molecular complexity index is 1030. The number of methoxy groups -OCH3 is 1. The van der Waals surface area contributed by atoms with E-state index in [1.54, 1.807) is 67.8 Å². The van der Waals surface area contributed by atoms with Crippen LogP contribution in [-0.4, -0.2) is 44.5 Å². The summed E-state index contributed by atoms with van der Waals surface area (Å²) < 4.78 is 15.5. The van der Waals surface area contributed by atoms with Crippen LogP contribution in [0.2, 0.25) is 0 Å². The van der Waals surface area contributed by atoms with Gasteiger partial charge in [-0.05, 0) is 60.7 Å². The van der Waals surface area contributed by atoms with Gasteiger partial charge in [-0.1, -0.05) is 0 Å². The second-order valence-corrected chi connectivity index (χ2v) is 6.58. The minimum atomic E-state index is -0.347. The standard InChI is InChI=1S/C23H23N3O6/c1-30-18-8-10-19(11-9-18)32-15-21(27)26-17-6-4-16(5-7-17)22(28)24-12-13-25-23(29)20-3-2-14-31-20/h2-11,14H,12-13,15H2,1H3,(H,24,28)(H,25,29)(H,26,27). The van der Waals surface area contributed by atoms with Gasteiger partial charge in [-0.3, -0.25) is 14.4 Å². The van der Waals surface area contributed by atoms with Crippen molar-refractivity contribution in [2.75, 3.05) is 32.1 Å². The van der Waals surface area contributed by atoms with E-state index in [1.807, 2.05) is 0 Å². The second kappa shape index (κ2) is 11.2. The van der Waals surface area contributed by atoms with Gasteiger partial charge in [-0.25, -0.2) is 0 Å². The Morgan fingerprint density at radius 1 is 0.844 bits per heavy atom. The number of carbonyl (C=O) groups is 3. The van der Waals surface area contributed by atoms with Crippen molar-refractivity contribution in [2.24, 2.45) is 0 Å². The molecule has 3 amide bonds. The number of amides is 3. The van der Waals surface area contributed by atoms with Crippen LogP contribution in [0, 0.1) is 0 Å². The van der Waals surface area contributed by atoms with Crippen LogP contribution in [0.3, 0.4) is 0 Å². The summed E-state index contributed by atoms with van der Waals surface area (Å²) in [7, 11) is 1.57. The van der Waals surface area contributed by atoms with Crippen LogP contribution in [0.4, 0.5) is 5.69 Å². The highest BCUT2D eigenvalue weighted by molar-refractivity contribution is 5.96. The van der Waals surface area contributed by atoms with Crippen LogP contribution in [0.25, 0.3) is 0 Å². The molecule has 1 aromatic heterocycles. The third-order valence-electron chi connectivity index (χ3n) is 4.30. The molecule has 0 aliphatic rings. The molecule has 0 unspecified atom stereocenters. The Hall–Kier alpha value is -4.27. The lowest BCUT2D eigenvalue weighted by Crippen LogP contribution is -2.34. The summed E-state index contributed by atoms with van der Waals surface area (Å²) in [5.41, 5.74) is 0.963. The van der Waals surface area contributed by atoms with Gasteiger partial charge >= 0.3 is 0 Å². The van der Waals surface area contributed by atoms with Crippen LogP contribution < -0.4 is 25.4 Å². The summed E-state index contributed by atoms with van der Waals surface area (Å²) in [5, 5.41) is 8.05. The normalized spacial score (nSPS) is 10.2. The molecule has 9 nitrogen and oxygen atoms in total. The van der Waals surface area contributed by atoms with E-state index in [-0.39, 0.29) is 43.2 Å². The Kier molecular flexibility index (Phi) is 7.85. The molecule has 3 N–H and O–H groups in total. The lowest BCUT2D eigenvalue weighted by atomic mass is 10.2. The van der Waals surface area contributed by atoms with Gasteiger partial charge < -0.3 is 29.8 Å². The van der Waals surface area contributed by atoms with E-state index in [0.29, 0.717) is 22.7 Å². The maximum atomic E-state index is 12.2. The van der Waals surface area contributed by atoms with Gasteiger partial charge in [0.2, 0.25) is 0 Å². The fourth-order valence-electron chi connectivity index (χ4n) is 2.67. The molecule has 0 saturated heterocycles. The first-order chi connectivity index (χ1) is 15.5. The number of carbonyl (C=O) groups excluding carboxylic acids is 3. The lowest BCUT2D eigenvalue weighted by molar-refractivity contribution is -0.118. The number of nitrogens with one attached hydrogen (secondary N) is 3. The van der Waals surface area contributed by atoms with Gasteiger partial charge in [0.25, 0.3) is 17.7 Å². The topological polar surface area (TPSA) is 119 Å². The molecule has 32 heavy (non-hydrogen) atoms. The third-order valence-corrected chi connectivity index (χ3v) is 4.30. The van der Waals surface area contributed by atoms with E-state index in [2.05, 4.69) is 16.0 Å². The van der Waals surface area contributed by atoms with Crippen molar-refractivity contribution in [3.63, 3.8) is 0 Å². The predicted octanol–water partition coefficient (Wildman–Crippen LogP) is 2.47. The second-order valence-electron chi connectivity index (χ2n) is 6.58. The molecule has 3 rings (SSSR count). The van der Waals surface area contributed by atoms with E-state index in [0.717, 1.165) is 0 Å². The molecule has 0 saturated carbocycles. The number of rotatable bonds is 10. The minimum Gasteiger partial charge on any atom is -0.497 e. The van der Waals surface area contributed by atoms with Crippen LogP contribution in [0.15, 0.2) is 71.3 Å². The average molecular weight is 437 g/mol. The third kappa shape index (κ3) is 6.63. The SMILES string of the molecule is COc1ccc(OCC(=O)Nc2ccc(C(=O)NCCNC(=O)c3ccco3)cc2)cc1. The number of hydrogen-bond donors (Lipinski definition) is 3. The molecule has 0 aliphatic carbocycles. The first kappa shape index (κ1) is 22.4. The number of hydrogen-bond acceptors (Lipinski definition) is 6. The molecule has 1 heterocycles. The van der Waals surface area contributed by atoms with Crippen molar-refractivity contribution in [1.29, 1.82) is 0 Å². The number of ether oxygens (including phenoxy) is 2. The largest absolute Gasteiger partial charge is 0.497 e. The molecule has 166 valence electrons.